The molecular formula is C28H35N2O2P. The second-order valence-corrected chi connectivity index (χ2v) is 11.6. The minimum absolute atomic E-state index is 0.0173. The van der Waals surface area contributed by atoms with Crippen LogP contribution in [-0.4, -0.2) is 20.2 Å². The molecule has 0 heterocycles. The molecule has 1 N–H and O–H groups in total. The van der Waals surface area contributed by atoms with Crippen LogP contribution in [0.2, 0.25) is 0 Å². The van der Waals surface area contributed by atoms with Crippen LogP contribution in [0.3, 0.4) is 0 Å². The van der Waals surface area contributed by atoms with Gasteiger partial charge in [-0.2, -0.15) is 0 Å². The molecule has 33 heavy (non-hydrogen) atoms. The van der Waals surface area contributed by atoms with E-state index in [4.69, 9.17) is 4.52 Å². The summed E-state index contributed by atoms with van der Waals surface area (Å²) in [5.41, 5.74) is 4.15. The highest BCUT2D eigenvalue weighted by Crippen LogP contribution is 2.60. The Balaban J connectivity index is 1.80. The van der Waals surface area contributed by atoms with Crippen LogP contribution in [0.5, 0.6) is 0 Å². The molecule has 5 heteroatoms. The number of nitrogens with one attached hydrogen (secondary N) is 1. The summed E-state index contributed by atoms with van der Waals surface area (Å²) < 4.78 is 21.7. The van der Waals surface area contributed by atoms with Crippen LogP contribution >= 0.6 is 7.37 Å². The molecule has 4 rings (SSSR count). The number of anilines is 2. The summed E-state index contributed by atoms with van der Waals surface area (Å²) in [5.74, 6) is -0.479. The van der Waals surface area contributed by atoms with E-state index in [2.05, 4.69) is 41.4 Å². The van der Waals surface area contributed by atoms with Gasteiger partial charge in [0.05, 0.1) is 6.10 Å². The molecule has 0 radical (unpaired) electrons. The standard InChI is InChI=1S/C28H35N2O2P/c1-22-14-16-23(17-15-22)28(29-24-10-6-4-7-11-24)33(31,32-26-12-8-5-9-13-26)27-20-18-25(19-21-27)30(2)3/h4,6-7,10-11,14-21,26,28-29H,5,8-9,12-13H2,1-3H3/t28-,33+/m1/s1. The Kier molecular flexibility index (Phi) is 7.57. The zero-order chi connectivity index (χ0) is 23.3. The number of benzene rings is 3. The number of nitrogens with zero attached hydrogens (tertiary/aromatic N) is 1. The van der Waals surface area contributed by atoms with Crippen molar-refractivity contribution in [2.45, 2.75) is 50.9 Å². The maximum absolute atomic E-state index is 15.1. The van der Waals surface area contributed by atoms with Crippen LogP contribution in [0.4, 0.5) is 11.4 Å². The average molecular weight is 463 g/mol. The summed E-state index contributed by atoms with van der Waals surface area (Å²) in [5, 5.41) is 4.34. The van der Waals surface area contributed by atoms with Crippen molar-refractivity contribution in [3.63, 3.8) is 0 Å². The fourth-order valence-corrected chi connectivity index (χ4v) is 7.07. The first kappa shape index (κ1) is 23.6. The lowest BCUT2D eigenvalue weighted by molar-refractivity contribution is 0.159. The van der Waals surface area contributed by atoms with E-state index >= 15 is 4.57 Å². The number of aryl methyl sites for hydroxylation is 1. The van der Waals surface area contributed by atoms with Crippen LogP contribution in [0.15, 0.2) is 78.9 Å². The molecule has 3 aromatic carbocycles. The Morgan fingerprint density at radius 3 is 2.12 bits per heavy atom. The third-order valence-corrected chi connectivity index (χ3v) is 9.13. The van der Waals surface area contributed by atoms with Gasteiger partial charge < -0.3 is 14.7 Å². The molecule has 0 spiro atoms. The topological polar surface area (TPSA) is 41.6 Å². The number of hydrogen-bond acceptors (Lipinski definition) is 4. The molecule has 1 fully saturated rings. The van der Waals surface area contributed by atoms with Gasteiger partial charge in [0.2, 0.25) is 0 Å². The first-order chi connectivity index (χ1) is 16.0. The van der Waals surface area contributed by atoms with E-state index in [9.17, 15) is 0 Å². The Bertz CT molecular complexity index is 1060. The van der Waals surface area contributed by atoms with Crippen LogP contribution in [-0.2, 0) is 9.09 Å². The smallest absolute Gasteiger partial charge is 0.258 e. The van der Waals surface area contributed by atoms with Gasteiger partial charge >= 0.3 is 0 Å². The quantitative estimate of drug-likeness (QED) is 0.362. The largest absolute Gasteiger partial charge is 0.378 e. The molecule has 0 aromatic heterocycles. The van der Waals surface area contributed by atoms with Gasteiger partial charge in [0.25, 0.3) is 7.37 Å². The van der Waals surface area contributed by atoms with E-state index in [1.807, 2.05) is 68.7 Å². The maximum Gasteiger partial charge on any atom is 0.258 e. The summed E-state index contributed by atoms with van der Waals surface area (Å²) in [6.45, 7) is 2.07. The van der Waals surface area contributed by atoms with Crippen LogP contribution in [0.25, 0.3) is 0 Å². The highest BCUT2D eigenvalue weighted by molar-refractivity contribution is 7.67. The molecule has 2 atom stereocenters. The number of hydrogen-bond donors (Lipinski definition) is 1. The highest BCUT2D eigenvalue weighted by atomic mass is 31.2. The van der Waals surface area contributed by atoms with Crippen molar-refractivity contribution in [1.29, 1.82) is 0 Å². The zero-order valence-electron chi connectivity index (χ0n) is 19.9. The molecule has 0 saturated heterocycles. The van der Waals surface area contributed by atoms with Crippen molar-refractivity contribution < 1.29 is 9.09 Å². The molecule has 0 amide bonds. The third-order valence-electron chi connectivity index (χ3n) is 6.39. The lowest BCUT2D eigenvalue weighted by Crippen LogP contribution is -2.25. The van der Waals surface area contributed by atoms with Crippen molar-refractivity contribution in [1.82, 2.24) is 0 Å². The van der Waals surface area contributed by atoms with Gasteiger partial charge in [-0.05, 0) is 61.7 Å². The van der Waals surface area contributed by atoms with Crippen molar-refractivity contribution in [3.05, 3.63) is 90.0 Å². The Morgan fingerprint density at radius 1 is 0.879 bits per heavy atom. The minimum Gasteiger partial charge on any atom is -0.378 e. The van der Waals surface area contributed by atoms with Crippen molar-refractivity contribution >= 4 is 24.0 Å². The SMILES string of the molecule is Cc1ccc([C@H](Nc2ccccc2)[P@@](=O)(OC2CCCCC2)c2ccc(N(C)C)cc2)cc1. The van der Waals surface area contributed by atoms with E-state index in [-0.39, 0.29) is 6.10 Å². The fraction of sp³-hybridized carbons (Fsp3) is 0.357. The van der Waals surface area contributed by atoms with Crippen molar-refractivity contribution in [2.75, 3.05) is 24.3 Å². The Labute approximate surface area is 198 Å². The van der Waals surface area contributed by atoms with E-state index in [0.717, 1.165) is 47.9 Å². The van der Waals surface area contributed by atoms with Gasteiger partial charge in [0.15, 0.2) is 0 Å². The summed E-state index contributed by atoms with van der Waals surface area (Å²) in [6, 6.07) is 26.3. The first-order valence-electron chi connectivity index (χ1n) is 11.9. The summed E-state index contributed by atoms with van der Waals surface area (Å²) in [6.07, 6.45) is 5.43. The maximum atomic E-state index is 15.1. The summed E-state index contributed by atoms with van der Waals surface area (Å²) in [4.78, 5) is 2.05. The van der Waals surface area contributed by atoms with E-state index < -0.39 is 13.2 Å². The molecule has 4 nitrogen and oxygen atoms in total. The normalized spacial score (nSPS) is 17.2. The molecule has 3 aromatic rings. The zero-order valence-corrected chi connectivity index (χ0v) is 20.8. The minimum atomic E-state index is -3.33. The molecule has 0 aliphatic heterocycles. The van der Waals surface area contributed by atoms with Crippen molar-refractivity contribution in [3.8, 4) is 0 Å². The predicted octanol–water partition coefficient (Wildman–Crippen LogP) is 7.12. The van der Waals surface area contributed by atoms with Gasteiger partial charge in [-0.15, -0.1) is 0 Å². The molecule has 0 bridgehead atoms. The number of para-hydroxylation sites is 1. The van der Waals surface area contributed by atoms with Gasteiger partial charge in [-0.25, -0.2) is 0 Å². The molecule has 1 aliphatic carbocycles. The van der Waals surface area contributed by atoms with Gasteiger partial charge in [0.1, 0.15) is 5.78 Å². The van der Waals surface area contributed by atoms with Gasteiger partial charge in [-0.3, -0.25) is 4.57 Å². The second-order valence-electron chi connectivity index (χ2n) is 9.20. The fourth-order valence-electron chi connectivity index (χ4n) is 4.43. The Morgan fingerprint density at radius 2 is 1.52 bits per heavy atom. The van der Waals surface area contributed by atoms with E-state index in [1.54, 1.807) is 0 Å². The van der Waals surface area contributed by atoms with Gasteiger partial charge in [0, 0.05) is 30.8 Å². The third kappa shape index (κ3) is 5.69. The Hall–Kier alpha value is -2.55. The van der Waals surface area contributed by atoms with Crippen LogP contribution in [0.1, 0.15) is 49.0 Å². The molecule has 1 aliphatic rings. The van der Waals surface area contributed by atoms with Gasteiger partial charge in [-0.1, -0.05) is 67.3 Å². The molecular weight excluding hydrogens is 427 g/mol. The summed E-state index contributed by atoms with van der Waals surface area (Å²) >= 11 is 0. The lowest BCUT2D eigenvalue weighted by atomic mass is 9.98. The van der Waals surface area contributed by atoms with E-state index in [0.29, 0.717) is 0 Å². The molecule has 1 saturated carbocycles. The number of rotatable bonds is 8. The van der Waals surface area contributed by atoms with E-state index in [1.165, 1.54) is 12.0 Å². The first-order valence-corrected chi connectivity index (χ1v) is 13.6. The summed E-state index contributed by atoms with van der Waals surface area (Å²) in [7, 11) is 0.694. The predicted molar refractivity (Wildman–Crippen MR) is 140 cm³/mol. The monoisotopic (exact) mass is 462 g/mol. The molecule has 0 unspecified atom stereocenters. The average Bonchev–Trinajstić information content (AvgIpc) is 2.84. The van der Waals surface area contributed by atoms with Crippen LogP contribution in [0, 0.1) is 6.92 Å². The second kappa shape index (κ2) is 10.6. The highest BCUT2D eigenvalue weighted by Gasteiger charge is 2.40. The molecule has 174 valence electrons. The van der Waals surface area contributed by atoms with Crippen molar-refractivity contribution in [2.24, 2.45) is 0 Å². The van der Waals surface area contributed by atoms with Crippen LogP contribution < -0.4 is 15.5 Å². The lowest BCUT2D eigenvalue weighted by Gasteiger charge is -2.34.